The number of aromatic hydroxyl groups is 1. The Morgan fingerprint density at radius 3 is 2.39 bits per heavy atom. The molecule has 0 aliphatic carbocycles. The third kappa shape index (κ3) is 4.27. The van der Waals surface area contributed by atoms with E-state index in [4.69, 9.17) is 19.7 Å². The van der Waals surface area contributed by atoms with Crippen LogP contribution in [-0.2, 0) is 14.3 Å². The van der Waals surface area contributed by atoms with Crippen LogP contribution in [-0.4, -0.2) is 68.8 Å². The number of carbonyl (C=O) groups excluding carboxylic acids is 1. The highest BCUT2D eigenvalue weighted by molar-refractivity contribution is 5.87. The van der Waals surface area contributed by atoms with E-state index in [1.54, 1.807) is 12.1 Å². The summed E-state index contributed by atoms with van der Waals surface area (Å²) in [6.07, 6.45) is -4.93. The third-order valence-corrected chi connectivity index (χ3v) is 3.39. The molecule has 0 bridgehead atoms. The summed E-state index contributed by atoms with van der Waals surface area (Å²) in [4.78, 5) is 11.7. The molecule has 0 amide bonds. The first-order valence-corrected chi connectivity index (χ1v) is 6.90. The van der Waals surface area contributed by atoms with Gasteiger partial charge >= 0.3 is 5.97 Å². The molecular weight excluding hydrogens is 308 g/mol. The van der Waals surface area contributed by atoms with E-state index in [9.17, 15) is 20.1 Å². The van der Waals surface area contributed by atoms with Gasteiger partial charge < -0.3 is 35.0 Å². The Balaban J connectivity index is 1.97. The molecule has 8 nitrogen and oxygen atoms in total. The van der Waals surface area contributed by atoms with Gasteiger partial charge in [0.05, 0.1) is 6.61 Å². The van der Waals surface area contributed by atoms with E-state index in [0.29, 0.717) is 5.56 Å². The zero-order valence-electron chi connectivity index (χ0n) is 12.0. The summed E-state index contributed by atoms with van der Waals surface area (Å²) in [5.41, 5.74) is 0.633. The van der Waals surface area contributed by atoms with Gasteiger partial charge in [-0.3, -0.25) is 0 Å². The molecule has 126 valence electrons. The summed E-state index contributed by atoms with van der Waals surface area (Å²) >= 11 is 0. The van der Waals surface area contributed by atoms with Gasteiger partial charge in [0.25, 0.3) is 0 Å². The SMILES string of the molecule is O=C(/C=C/c1ccc(O)cc1)O[C@H]1OC(CO)[C@@H](O)C(O)[C@H]1O. The molecule has 1 aromatic rings. The zero-order chi connectivity index (χ0) is 17.0. The van der Waals surface area contributed by atoms with E-state index in [0.717, 1.165) is 6.08 Å². The predicted molar refractivity (Wildman–Crippen MR) is 77.0 cm³/mol. The zero-order valence-corrected chi connectivity index (χ0v) is 12.0. The molecule has 2 unspecified atom stereocenters. The minimum absolute atomic E-state index is 0.0889. The number of aliphatic hydroxyl groups is 4. The number of phenols is 1. The number of carbonyl (C=O) groups is 1. The lowest BCUT2D eigenvalue weighted by atomic mass is 9.99. The fraction of sp³-hybridized carbons (Fsp3) is 0.400. The van der Waals surface area contributed by atoms with Crippen LogP contribution >= 0.6 is 0 Å². The van der Waals surface area contributed by atoms with Crippen LogP contribution < -0.4 is 0 Å². The highest BCUT2D eigenvalue weighted by Crippen LogP contribution is 2.22. The quantitative estimate of drug-likeness (QED) is 0.342. The van der Waals surface area contributed by atoms with Crippen molar-refractivity contribution in [2.45, 2.75) is 30.7 Å². The molecule has 0 spiro atoms. The smallest absolute Gasteiger partial charge is 0.333 e. The van der Waals surface area contributed by atoms with Gasteiger partial charge in [0.2, 0.25) is 6.29 Å². The van der Waals surface area contributed by atoms with E-state index < -0.39 is 43.3 Å². The van der Waals surface area contributed by atoms with Crippen LogP contribution in [0.4, 0.5) is 0 Å². The van der Waals surface area contributed by atoms with Crippen LogP contribution in [0.2, 0.25) is 0 Å². The fourth-order valence-electron chi connectivity index (χ4n) is 2.07. The van der Waals surface area contributed by atoms with Crippen LogP contribution in [0.25, 0.3) is 6.08 Å². The Hall–Kier alpha value is -1.97. The molecule has 5 N–H and O–H groups in total. The summed E-state index contributed by atoms with van der Waals surface area (Å²) in [6, 6.07) is 6.05. The summed E-state index contributed by atoms with van der Waals surface area (Å²) in [5.74, 6) is -0.756. The second kappa shape index (κ2) is 7.53. The first-order chi connectivity index (χ1) is 10.9. The Kier molecular flexibility index (Phi) is 5.69. The molecule has 0 saturated carbocycles. The van der Waals surface area contributed by atoms with Gasteiger partial charge in [0.15, 0.2) is 0 Å². The van der Waals surface area contributed by atoms with E-state index >= 15 is 0 Å². The summed E-state index contributed by atoms with van der Waals surface area (Å²) in [6.45, 7) is -0.609. The van der Waals surface area contributed by atoms with Gasteiger partial charge in [-0.25, -0.2) is 4.79 Å². The summed E-state index contributed by atoms with van der Waals surface area (Å²) in [5, 5.41) is 47.1. The maximum absolute atomic E-state index is 11.7. The second-order valence-corrected chi connectivity index (χ2v) is 5.06. The topological polar surface area (TPSA) is 137 Å². The molecule has 1 aromatic carbocycles. The number of rotatable bonds is 4. The average Bonchev–Trinajstić information content (AvgIpc) is 2.55. The molecule has 0 aromatic heterocycles. The van der Waals surface area contributed by atoms with Crippen molar-refractivity contribution in [2.24, 2.45) is 0 Å². The fourth-order valence-corrected chi connectivity index (χ4v) is 2.07. The minimum atomic E-state index is -1.64. The van der Waals surface area contributed by atoms with E-state index in [1.165, 1.54) is 18.2 Å². The van der Waals surface area contributed by atoms with Crippen molar-refractivity contribution in [3.05, 3.63) is 35.9 Å². The average molecular weight is 326 g/mol. The summed E-state index contributed by atoms with van der Waals surface area (Å²) in [7, 11) is 0. The number of ether oxygens (including phenoxy) is 2. The molecule has 23 heavy (non-hydrogen) atoms. The van der Waals surface area contributed by atoms with Crippen molar-refractivity contribution < 1.29 is 39.8 Å². The molecule has 2 rings (SSSR count). The van der Waals surface area contributed by atoms with Crippen molar-refractivity contribution in [1.82, 2.24) is 0 Å². The number of aliphatic hydroxyl groups excluding tert-OH is 4. The standard InChI is InChI=1S/C15H18O8/c16-7-10-12(19)13(20)14(21)15(22-10)23-11(18)6-3-8-1-4-9(17)5-2-8/h1-6,10,12-17,19-21H,7H2/b6-3+/t10?,12-,13?,14-,15-/m1/s1. The lowest BCUT2D eigenvalue weighted by Crippen LogP contribution is -2.59. The second-order valence-electron chi connectivity index (χ2n) is 5.06. The van der Waals surface area contributed by atoms with Gasteiger partial charge in [-0.1, -0.05) is 12.1 Å². The Bertz CT molecular complexity index is 553. The molecule has 1 aliphatic rings. The van der Waals surface area contributed by atoms with Gasteiger partial charge in [0.1, 0.15) is 30.2 Å². The Labute approximate surface area is 131 Å². The first kappa shape index (κ1) is 17.4. The molecule has 0 radical (unpaired) electrons. The van der Waals surface area contributed by atoms with Gasteiger partial charge in [-0.15, -0.1) is 0 Å². The highest BCUT2D eigenvalue weighted by atomic mass is 16.7. The first-order valence-electron chi connectivity index (χ1n) is 6.90. The maximum atomic E-state index is 11.7. The largest absolute Gasteiger partial charge is 0.508 e. The van der Waals surface area contributed by atoms with Gasteiger partial charge in [0, 0.05) is 6.08 Å². The molecule has 1 aliphatic heterocycles. The number of esters is 1. The predicted octanol–water partition coefficient (Wildman–Crippen LogP) is -1.25. The Morgan fingerprint density at radius 2 is 1.78 bits per heavy atom. The van der Waals surface area contributed by atoms with Crippen molar-refractivity contribution in [3.8, 4) is 5.75 Å². The van der Waals surface area contributed by atoms with Gasteiger partial charge in [-0.05, 0) is 23.8 Å². The molecular formula is C15H18O8. The summed E-state index contributed by atoms with van der Waals surface area (Å²) < 4.78 is 9.92. The number of benzene rings is 1. The molecule has 1 saturated heterocycles. The molecule has 1 fully saturated rings. The third-order valence-electron chi connectivity index (χ3n) is 3.39. The van der Waals surface area contributed by atoms with Crippen molar-refractivity contribution in [1.29, 1.82) is 0 Å². The van der Waals surface area contributed by atoms with E-state index in [2.05, 4.69) is 0 Å². The molecule has 1 heterocycles. The van der Waals surface area contributed by atoms with Crippen molar-refractivity contribution >= 4 is 12.0 Å². The minimum Gasteiger partial charge on any atom is -0.508 e. The number of hydrogen-bond donors (Lipinski definition) is 5. The van der Waals surface area contributed by atoms with Crippen molar-refractivity contribution in [2.75, 3.05) is 6.61 Å². The normalized spacial score (nSPS) is 31.2. The lowest BCUT2D eigenvalue weighted by molar-refractivity contribution is -0.291. The van der Waals surface area contributed by atoms with E-state index in [1.807, 2.05) is 0 Å². The van der Waals surface area contributed by atoms with Crippen LogP contribution in [0.15, 0.2) is 30.3 Å². The highest BCUT2D eigenvalue weighted by Gasteiger charge is 2.45. The monoisotopic (exact) mass is 326 g/mol. The van der Waals surface area contributed by atoms with Crippen LogP contribution in [0.5, 0.6) is 5.75 Å². The van der Waals surface area contributed by atoms with Crippen LogP contribution in [0, 0.1) is 0 Å². The van der Waals surface area contributed by atoms with E-state index in [-0.39, 0.29) is 5.75 Å². The number of hydrogen-bond acceptors (Lipinski definition) is 8. The van der Waals surface area contributed by atoms with Crippen LogP contribution in [0.3, 0.4) is 0 Å². The van der Waals surface area contributed by atoms with Crippen molar-refractivity contribution in [3.63, 3.8) is 0 Å². The molecule has 8 heteroatoms. The van der Waals surface area contributed by atoms with Crippen LogP contribution in [0.1, 0.15) is 5.56 Å². The Morgan fingerprint density at radius 1 is 1.13 bits per heavy atom. The molecule has 5 atom stereocenters. The lowest BCUT2D eigenvalue weighted by Gasteiger charge is -2.38. The number of phenolic OH excluding ortho intramolecular Hbond substituents is 1. The van der Waals surface area contributed by atoms with Gasteiger partial charge in [-0.2, -0.15) is 0 Å². The maximum Gasteiger partial charge on any atom is 0.333 e.